The molecule has 0 aromatic heterocycles. The minimum absolute atomic E-state index is 0.168. The standard InChI is InChI=1S/C17H29N3O2/c1-4-19-8-9-20(12-13(19)3)15(11-18)14-6-7-16(21)17(10-14)22-5-2/h6-7,10,13,15,21H,4-5,8-9,11-12,18H2,1-3H3. The van der Waals surface area contributed by atoms with Crippen molar-refractivity contribution in [3.63, 3.8) is 0 Å². The molecule has 0 bridgehead atoms. The van der Waals surface area contributed by atoms with Crippen molar-refractivity contribution in [3.8, 4) is 11.5 Å². The molecule has 0 spiro atoms. The maximum atomic E-state index is 9.86. The summed E-state index contributed by atoms with van der Waals surface area (Å²) in [7, 11) is 0. The quantitative estimate of drug-likeness (QED) is 0.839. The van der Waals surface area contributed by atoms with Gasteiger partial charge in [-0.15, -0.1) is 0 Å². The zero-order valence-electron chi connectivity index (χ0n) is 14.0. The first-order chi connectivity index (χ1) is 10.6. The number of piperazine rings is 1. The van der Waals surface area contributed by atoms with E-state index in [0.717, 1.165) is 31.7 Å². The van der Waals surface area contributed by atoms with Gasteiger partial charge in [-0.25, -0.2) is 0 Å². The normalized spacial score (nSPS) is 21.7. The Morgan fingerprint density at radius 3 is 2.73 bits per heavy atom. The molecule has 0 saturated carbocycles. The zero-order valence-corrected chi connectivity index (χ0v) is 14.0. The highest BCUT2D eigenvalue weighted by atomic mass is 16.5. The van der Waals surface area contributed by atoms with Gasteiger partial charge >= 0.3 is 0 Å². The molecule has 2 rings (SSSR count). The van der Waals surface area contributed by atoms with Gasteiger partial charge in [-0.05, 0) is 38.1 Å². The van der Waals surface area contributed by atoms with Crippen LogP contribution in [0.5, 0.6) is 11.5 Å². The lowest BCUT2D eigenvalue weighted by atomic mass is 10.0. The smallest absolute Gasteiger partial charge is 0.161 e. The van der Waals surface area contributed by atoms with Gasteiger partial charge in [0.2, 0.25) is 0 Å². The van der Waals surface area contributed by atoms with Gasteiger partial charge in [0.25, 0.3) is 0 Å². The van der Waals surface area contributed by atoms with Gasteiger partial charge in [0.1, 0.15) is 0 Å². The fourth-order valence-corrected chi connectivity index (χ4v) is 3.28. The largest absolute Gasteiger partial charge is 0.504 e. The second-order valence-electron chi connectivity index (χ2n) is 5.88. The van der Waals surface area contributed by atoms with Crippen molar-refractivity contribution in [2.75, 3.05) is 39.3 Å². The van der Waals surface area contributed by atoms with Crippen molar-refractivity contribution in [1.82, 2.24) is 9.80 Å². The van der Waals surface area contributed by atoms with E-state index in [9.17, 15) is 5.11 Å². The van der Waals surface area contributed by atoms with Crippen molar-refractivity contribution in [2.45, 2.75) is 32.9 Å². The number of hydrogen-bond donors (Lipinski definition) is 2. The molecule has 0 radical (unpaired) electrons. The Labute approximate surface area is 133 Å². The van der Waals surface area contributed by atoms with E-state index in [1.807, 2.05) is 19.1 Å². The fourth-order valence-electron chi connectivity index (χ4n) is 3.28. The van der Waals surface area contributed by atoms with E-state index < -0.39 is 0 Å². The van der Waals surface area contributed by atoms with Crippen LogP contribution in [0.3, 0.4) is 0 Å². The first-order valence-electron chi connectivity index (χ1n) is 8.24. The third kappa shape index (κ3) is 3.72. The van der Waals surface area contributed by atoms with Crippen LogP contribution < -0.4 is 10.5 Å². The van der Waals surface area contributed by atoms with Crippen LogP contribution in [-0.4, -0.2) is 60.3 Å². The summed E-state index contributed by atoms with van der Waals surface area (Å²) in [6.45, 7) is 11.7. The number of phenols is 1. The van der Waals surface area contributed by atoms with E-state index in [1.54, 1.807) is 6.07 Å². The summed E-state index contributed by atoms with van der Waals surface area (Å²) >= 11 is 0. The Morgan fingerprint density at radius 2 is 2.14 bits per heavy atom. The van der Waals surface area contributed by atoms with Crippen LogP contribution in [0, 0.1) is 0 Å². The van der Waals surface area contributed by atoms with Crippen molar-refractivity contribution in [1.29, 1.82) is 0 Å². The molecule has 22 heavy (non-hydrogen) atoms. The van der Waals surface area contributed by atoms with E-state index in [2.05, 4.69) is 23.6 Å². The van der Waals surface area contributed by atoms with Gasteiger partial charge in [-0.1, -0.05) is 13.0 Å². The number of benzene rings is 1. The fraction of sp³-hybridized carbons (Fsp3) is 0.647. The second-order valence-corrected chi connectivity index (χ2v) is 5.88. The van der Waals surface area contributed by atoms with E-state index in [-0.39, 0.29) is 11.8 Å². The number of phenolic OH excluding ortho intramolecular Hbond substituents is 1. The monoisotopic (exact) mass is 307 g/mol. The van der Waals surface area contributed by atoms with Gasteiger partial charge < -0.3 is 15.6 Å². The summed E-state index contributed by atoms with van der Waals surface area (Å²) in [5.74, 6) is 0.726. The van der Waals surface area contributed by atoms with Gasteiger partial charge in [0.05, 0.1) is 6.61 Å². The van der Waals surface area contributed by atoms with Crippen molar-refractivity contribution in [3.05, 3.63) is 23.8 Å². The highest BCUT2D eigenvalue weighted by Gasteiger charge is 2.28. The Kier molecular flexibility index (Phi) is 6.06. The summed E-state index contributed by atoms with van der Waals surface area (Å²) in [5, 5.41) is 9.86. The summed E-state index contributed by atoms with van der Waals surface area (Å²) in [6, 6.07) is 6.28. The number of nitrogens with zero attached hydrogens (tertiary/aromatic N) is 2. The number of nitrogens with two attached hydrogens (primary N) is 1. The molecular formula is C17H29N3O2. The molecule has 124 valence electrons. The number of hydrogen-bond acceptors (Lipinski definition) is 5. The third-order valence-corrected chi connectivity index (χ3v) is 4.54. The number of ether oxygens (including phenoxy) is 1. The Bertz CT molecular complexity index is 481. The van der Waals surface area contributed by atoms with Gasteiger partial charge in [0.15, 0.2) is 11.5 Å². The molecule has 1 fully saturated rings. The molecule has 2 atom stereocenters. The molecular weight excluding hydrogens is 278 g/mol. The maximum absolute atomic E-state index is 9.86. The molecule has 1 aliphatic heterocycles. The summed E-state index contributed by atoms with van der Waals surface area (Å²) < 4.78 is 5.50. The highest BCUT2D eigenvalue weighted by Crippen LogP contribution is 2.31. The van der Waals surface area contributed by atoms with Gasteiger partial charge in [-0.3, -0.25) is 9.80 Å². The molecule has 2 unspecified atom stereocenters. The van der Waals surface area contributed by atoms with E-state index >= 15 is 0 Å². The predicted octanol–water partition coefficient (Wildman–Crippen LogP) is 1.82. The summed E-state index contributed by atoms with van der Waals surface area (Å²) in [4.78, 5) is 4.94. The van der Waals surface area contributed by atoms with Crippen LogP contribution in [0.15, 0.2) is 18.2 Å². The first kappa shape index (κ1) is 17.1. The molecule has 3 N–H and O–H groups in total. The van der Waals surface area contributed by atoms with Crippen LogP contribution in [-0.2, 0) is 0 Å². The third-order valence-electron chi connectivity index (χ3n) is 4.54. The molecule has 0 amide bonds. The number of likely N-dealkylation sites (N-methyl/N-ethyl adjacent to an activating group) is 1. The molecule has 1 aliphatic rings. The molecule has 0 aliphatic carbocycles. The van der Waals surface area contributed by atoms with E-state index in [1.165, 1.54) is 0 Å². The lowest BCUT2D eigenvalue weighted by molar-refractivity contribution is 0.0606. The van der Waals surface area contributed by atoms with Crippen LogP contribution >= 0.6 is 0 Å². The lowest BCUT2D eigenvalue weighted by Crippen LogP contribution is -2.53. The van der Waals surface area contributed by atoms with Crippen LogP contribution in [0.1, 0.15) is 32.4 Å². The Balaban J connectivity index is 2.16. The molecule has 1 aromatic rings. The number of rotatable bonds is 6. The molecule has 5 heteroatoms. The van der Waals surface area contributed by atoms with Crippen LogP contribution in [0.25, 0.3) is 0 Å². The van der Waals surface area contributed by atoms with E-state index in [0.29, 0.717) is 24.9 Å². The number of aromatic hydroxyl groups is 1. The van der Waals surface area contributed by atoms with Gasteiger partial charge in [0, 0.05) is 38.3 Å². The average molecular weight is 307 g/mol. The average Bonchev–Trinajstić information content (AvgIpc) is 2.51. The maximum Gasteiger partial charge on any atom is 0.161 e. The highest BCUT2D eigenvalue weighted by molar-refractivity contribution is 5.43. The molecule has 1 heterocycles. The van der Waals surface area contributed by atoms with Crippen LogP contribution in [0.4, 0.5) is 0 Å². The first-order valence-corrected chi connectivity index (χ1v) is 8.24. The summed E-state index contributed by atoms with van der Waals surface area (Å²) in [5.41, 5.74) is 7.16. The molecule has 5 nitrogen and oxygen atoms in total. The zero-order chi connectivity index (χ0) is 16.1. The second kappa shape index (κ2) is 7.81. The minimum atomic E-state index is 0.168. The summed E-state index contributed by atoms with van der Waals surface area (Å²) in [6.07, 6.45) is 0. The Morgan fingerprint density at radius 1 is 1.36 bits per heavy atom. The predicted molar refractivity (Wildman–Crippen MR) is 89.4 cm³/mol. The van der Waals surface area contributed by atoms with Crippen LogP contribution in [0.2, 0.25) is 0 Å². The van der Waals surface area contributed by atoms with E-state index in [4.69, 9.17) is 10.5 Å². The van der Waals surface area contributed by atoms with Crippen molar-refractivity contribution < 1.29 is 9.84 Å². The minimum Gasteiger partial charge on any atom is -0.504 e. The Hall–Kier alpha value is -1.30. The van der Waals surface area contributed by atoms with Gasteiger partial charge in [-0.2, -0.15) is 0 Å². The van der Waals surface area contributed by atoms with Crippen molar-refractivity contribution >= 4 is 0 Å². The topological polar surface area (TPSA) is 62.0 Å². The molecule has 1 saturated heterocycles. The molecule has 1 aromatic carbocycles. The van der Waals surface area contributed by atoms with Crippen molar-refractivity contribution in [2.24, 2.45) is 5.73 Å². The SMILES string of the molecule is CCOc1cc(C(CN)N2CCN(CC)C(C)C2)ccc1O. The lowest BCUT2D eigenvalue weighted by Gasteiger charge is -2.42.